The van der Waals surface area contributed by atoms with Crippen LogP contribution in [0.15, 0.2) is 12.4 Å². The Bertz CT molecular complexity index is 299. The zero-order chi connectivity index (χ0) is 9.97. The number of aromatic nitrogens is 2. The van der Waals surface area contributed by atoms with E-state index in [0.717, 1.165) is 9.52 Å². The van der Waals surface area contributed by atoms with Crippen LogP contribution in [0, 0.1) is 3.57 Å². The van der Waals surface area contributed by atoms with Crippen molar-refractivity contribution >= 4 is 28.5 Å². The highest BCUT2D eigenvalue weighted by Crippen LogP contribution is 2.29. The van der Waals surface area contributed by atoms with Crippen molar-refractivity contribution in [2.75, 3.05) is 18.1 Å². The number of nitrogens with zero attached hydrogens (tertiary/aromatic N) is 3. The number of hydrogen-bond donors (Lipinski definition) is 1. The lowest BCUT2D eigenvalue weighted by molar-refractivity contribution is 0.300. The van der Waals surface area contributed by atoms with Crippen LogP contribution in [0.25, 0.3) is 0 Å². The third-order valence-electron chi connectivity index (χ3n) is 2.19. The van der Waals surface area contributed by atoms with E-state index in [0.29, 0.717) is 12.6 Å². The second-order valence-corrected chi connectivity index (χ2v) is 4.60. The van der Waals surface area contributed by atoms with Gasteiger partial charge in [0, 0.05) is 28.6 Å². The minimum atomic E-state index is 0.159. The molecule has 0 amide bonds. The molecule has 0 spiro atoms. The molecule has 0 unspecified atom stereocenters. The van der Waals surface area contributed by atoms with E-state index in [1.165, 1.54) is 12.8 Å². The average Bonchev–Trinajstić information content (AvgIpc) is 2.99. The van der Waals surface area contributed by atoms with Crippen LogP contribution in [0.2, 0.25) is 0 Å². The van der Waals surface area contributed by atoms with Crippen LogP contribution in [-0.4, -0.2) is 34.3 Å². The number of halogens is 1. The Morgan fingerprint density at radius 2 is 2.07 bits per heavy atom. The monoisotopic (exact) mass is 305 g/mol. The molecule has 1 aromatic heterocycles. The first-order valence-electron chi connectivity index (χ1n) is 4.66. The summed E-state index contributed by atoms with van der Waals surface area (Å²) in [5.41, 5.74) is 0. The fraction of sp³-hybridized carbons (Fsp3) is 0.556. The maximum atomic E-state index is 8.93. The number of anilines is 1. The van der Waals surface area contributed by atoms with Crippen LogP contribution in [-0.2, 0) is 0 Å². The van der Waals surface area contributed by atoms with E-state index in [4.69, 9.17) is 5.11 Å². The van der Waals surface area contributed by atoms with Gasteiger partial charge >= 0.3 is 0 Å². The third-order valence-corrected chi connectivity index (χ3v) is 2.75. The van der Waals surface area contributed by atoms with Crippen LogP contribution >= 0.6 is 22.6 Å². The van der Waals surface area contributed by atoms with Crippen LogP contribution in [0.3, 0.4) is 0 Å². The number of aliphatic hydroxyl groups excluding tert-OH is 1. The van der Waals surface area contributed by atoms with Gasteiger partial charge in [0.1, 0.15) is 0 Å². The predicted molar refractivity (Wildman–Crippen MR) is 62.2 cm³/mol. The highest BCUT2D eigenvalue weighted by Gasteiger charge is 2.30. The fourth-order valence-electron chi connectivity index (χ4n) is 1.39. The molecular formula is C9H12IN3O. The molecule has 1 fully saturated rings. The van der Waals surface area contributed by atoms with Gasteiger partial charge < -0.3 is 10.0 Å². The van der Waals surface area contributed by atoms with E-state index in [1.807, 2.05) is 0 Å². The first-order valence-corrected chi connectivity index (χ1v) is 5.74. The normalized spacial score (nSPS) is 15.6. The summed E-state index contributed by atoms with van der Waals surface area (Å²) < 4.78 is 1.03. The molecule has 1 aliphatic rings. The molecular weight excluding hydrogens is 293 g/mol. The summed E-state index contributed by atoms with van der Waals surface area (Å²) in [7, 11) is 0. The number of hydrogen-bond acceptors (Lipinski definition) is 4. The molecule has 0 saturated heterocycles. The number of rotatable bonds is 4. The molecule has 0 bridgehead atoms. The summed E-state index contributed by atoms with van der Waals surface area (Å²) in [6, 6.07) is 0.544. The zero-order valence-electron chi connectivity index (χ0n) is 7.73. The van der Waals surface area contributed by atoms with E-state index < -0.39 is 0 Å². The van der Waals surface area contributed by atoms with E-state index >= 15 is 0 Å². The summed E-state index contributed by atoms with van der Waals surface area (Å²) in [6.45, 7) is 0.789. The van der Waals surface area contributed by atoms with Crippen molar-refractivity contribution in [1.82, 2.24) is 9.97 Å². The van der Waals surface area contributed by atoms with Gasteiger partial charge in [-0.05, 0) is 35.4 Å². The van der Waals surface area contributed by atoms with Gasteiger partial charge in [-0.25, -0.2) is 9.97 Å². The highest BCUT2D eigenvalue weighted by atomic mass is 127. The molecule has 5 heteroatoms. The minimum Gasteiger partial charge on any atom is -0.395 e. The maximum Gasteiger partial charge on any atom is 0.225 e. The average molecular weight is 305 g/mol. The molecule has 0 aromatic carbocycles. The van der Waals surface area contributed by atoms with Crippen molar-refractivity contribution in [1.29, 1.82) is 0 Å². The first-order chi connectivity index (χ1) is 6.81. The Kier molecular flexibility index (Phi) is 3.17. The summed E-state index contributed by atoms with van der Waals surface area (Å²) in [4.78, 5) is 10.6. The van der Waals surface area contributed by atoms with Crippen molar-refractivity contribution in [3.8, 4) is 0 Å². The fourth-order valence-corrected chi connectivity index (χ4v) is 1.67. The topological polar surface area (TPSA) is 49.2 Å². The van der Waals surface area contributed by atoms with Crippen molar-refractivity contribution in [3.05, 3.63) is 16.0 Å². The molecule has 14 heavy (non-hydrogen) atoms. The van der Waals surface area contributed by atoms with Crippen LogP contribution in [0.5, 0.6) is 0 Å². The standard InChI is InChI=1S/C9H12IN3O/c10-7-5-11-9(12-6-7)13(3-4-14)8-1-2-8/h5-6,8,14H,1-4H2. The number of aliphatic hydroxyl groups is 1. The largest absolute Gasteiger partial charge is 0.395 e. The van der Waals surface area contributed by atoms with Gasteiger partial charge in [-0.2, -0.15) is 0 Å². The van der Waals surface area contributed by atoms with E-state index in [-0.39, 0.29) is 6.61 Å². The van der Waals surface area contributed by atoms with Crippen LogP contribution in [0.1, 0.15) is 12.8 Å². The Hall–Kier alpha value is -0.430. The molecule has 0 radical (unpaired) electrons. The molecule has 4 nitrogen and oxygen atoms in total. The van der Waals surface area contributed by atoms with E-state index in [9.17, 15) is 0 Å². The van der Waals surface area contributed by atoms with Gasteiger partial charge in [0.25, 0.3) is 0 Å². The summed E-state index contributed by atoms with van der Waals surface area (Å²) >= 11 is 2.18. The van der Waals surface area contributed by atoms with Crippen molar-refractivity contribution in [3.63, 3.8) is 0 Å². The second-order valence-electron chi connectivity index (χ2n) is 3.35. The molecule has 1 aromatic rings. The van der Waals surface area contributed by atoms with Gasteiger partial charge in [-0.3, -0.25) is 0 Å². The Balaban J connectivity index is 2.13. The Morgan fingerprint density at radius 3 is 2.57 bits per heavy atom. The third kappa shape index (κ3) is 2.33. The molecule has 1 aliphatic carbocycles. The van der Waals surface area contributed by atoms with Gasteiger partial charge in [0.15, 0.2) is 0 Å². The smallest absolute Gasteiger partial charge is 0.225 e. The zero-order valence-corrected chi connectivity index (χ0v) is 9.88. The molecule has 2 rings (SSSR count). The SMILES string of the molecule is OCCN(c1ncc(I)cn1)C1CC1. The lowest BCUT2D eigenvalue weighted by Crippen LogP contribution is -2.30. The Morgan fingerprint density at radius 1 is 1.43 bits per heavy atom. The summed E-state index contributed by atoms with van der Waals surface area (Å²) in [6.07, 6.45) is 5.98. The summed E-state index contributed by atoms with van der Waals surface area (Å²) in [5, 5.41) is 8.93. The first kappa shape index (κ1) is 10.1. The van der Waals surface area contributed by atoms with Crippen molar-refractivity contribution < 1.29 is 5.11 Å². The van der Waals surface area contributed by atoms with Gasteiger partial charge in [-0.1, -0.05) is 0 Å². The molecule has 76 valence electrons. The highest BCUT2D eigenvalue weighted by molar-refractivity contribution is 14.1. The predicted octanol–water partition coefficient (Wildman–Crippen LogP) is 1.04. The van der Waals surface area contributed by atoms with Crippen molar-refractivity contribution in [2.45, 2.75) is 18.9 Å². The van der Waals surface area contributed by atoms with E-state index in [2.05, 4.69) is 37.5 Å². The molecule has 1 N–H and O–H groups in total. The lowest BCUT2D eigenvalue weighted by Gasteiger charge is -2.20. The maximum absolute atomic E-state index is 8.93. The van der Waals surface area contributed by atoms with Gasteiger partial charge in [0.05, 0.1) is 6.61 Å². The van der Waals surface area contributed by atoms with Crippen LogP contribution in [0.4, 0.5) is 5.95 Å². The Labute approximate surface area is 96.5 Å². The minimum absolute atomic E-state index is 0.159. The van der Waals surface area contributed by atoms with Gasteiger partial charge in [-0.15, -0.1) is 0 Å². The molecule has 1 saturated carbocycles. The quantitative estimate of drug-likeness (QED) is 0.845. The molecule has 0 aliphatic heterocycles. The second kappa shape index (κ2) is 4.39. The molecule has 1 heterocycles. The van der Waals surface area contributed by atoms with Crippen LogP contribution < -0.4 is 4.90 Å². The van der Waals surface area contributed by atoms with Gasteiger partial charge in [0.2, 0.25) is 5.95 Å². The van der Waals surface area contributed by atoms with E-state index in [1.54, 1.807) is 12.4 Å². The summed E-state index contributed by atoms with van der Waals surface area (Å²) in [5.74, 6) is 0.738. The lowest BCUT2D eigenvalue weighted by atomic mass is 10.5. The van der Waals surface area contributed by atoms with Crippen molar-refractivity contribution in [2.24, 2.45) is 0 Å². The molecule has 0 atom stereocenters.